The number of pyridine rings is 1. The maximum atomic E-state index is 4.62. The molecule has 0 aliphatic heterocycles. The van der Waals surface area contributed by atoms with Gasteiger partial charge >= 0.3 is 0 Å². The summed E-state index contributed by atoms with van der Waals surface area (Å²) in [5.74, 6) is 0.570. The van der Waals surface area contributed by atoms with Gasteiger partial charge in [0.15, 0.2) is 0 Å². The van der Waals surface area contributed by atoms with Crippen molar-refractivity contribution in [1.29, 1.82) is 0 Å². The highest BCUT2D eigenvalue weighted by atomic mass is 15.0. The fourth-order valence-corrected chi connectivity index (χ4v) is 2.11. The molecule has 0 saturated heterocycles. The number of fused-ring (bicyclic) bond motifs is 1. The predicted molar refractivity (Wildman–Crippen MR) is 74.7 cm³/mol. The van der Waals surface area contributed by atoms with E-state index >= 15 is 0 Å². The van der Waals surface area contributed by atoms with Crippen molar-refractivity contribution < 1.29 is 0 Å². The summed E-state index contributed by atoms with van der Waals surface area (Å²) in [7, 11) is 0. The second-order valence-corrected chi connectivity index (χ2v) is 4.87. The van der Waals surface area contributed by atoms with E-state index < -0.39 is 0 Å². The number of nitrogens with zero attached hydrogens (tertiary/aromatic N) is 2. The van der Waals surface area contributed by atoms with E-state index in [0.29, 0.717) is 5.92 Å². The lowest BCUT2D eigenvalue weighted by Gasteiger charge is -2.05. The molecular formula is C16H16N2. The van der Waals surface area contributed by atoms with E-state index in [4.69, 9.17) is 0 Å². The van der Waals surface area contributed by atoms with Crippen LogP contribution in [0.25, 0.3) is 16.9 Å². The van der Waals surface area contributed by atoms with E-state index in [0.717, 1.165) is 11.3 Å². The Balaban J connectivity index is 2.03. The van der Waals surface area contributed by atoms with Gasteiger partial charge in [-0.15, -0.1) is 0 Å². The van der Waals surface area contributed by atoms with Crippen LogP contribution in [0.4, 0.5) is 0 Å². The molecule has 0 bridgehead atoms. The standard InChI is InChI=1S/C16H16N2/c1-12(2)13-6-8-14(9-7-13)15-11-18-10-4-3-5-16(18)17-15/h3-12H,1-2H3. The van der Waals surface area contributed by atoms with Gasteiger partial charge in [-0.05, 0) is 23.6 Å². The van der Waals surface area contributed by atoms with Crippen molar-refractivity contribution in [3.8, 4) is 11.3 Å². The average molecular weight is 236 g/mol. The Hall–Kier alpha value is -2.09. The molecule has 3 rings (SSSR count). The van der Waals surface area contributed by atoms with Crippen molar-refractivity contribution in [2.75, 3.05) is 0 Å². The molecule has 2 nitrogen and oxygen atoms in total. The number of benzene rings is 1. The third-order valence-corrected chi connectivity index (χ3v) is 3.24. The maximum Gasteiger partial charge on any atom is 0.137 e. The molecule has 0 atom stereocenters. The molecule has 0 spiro atoms. The Morgan fingerprint density at radius 1 is 1.00 bits per heavy atom. The summed E-state index contributed by atoms with van der Waals surface area (Å²) in [6.07, 6.45) is 4.09. The fourth-order valence-electron chi connectivity index (χ4n) is 2.11. The van der Waals surface area contributed by atoms with E-state index in [1.54, 1.807) is 0 Å². The van der Waals surface area contributed by atoms with Crippen molar-refractivity contribution in [2.45, 2.75) is 19.8 Å². The van der Waals surface area contributed by atoms with Crippen LogP contribution in [0.15, 0.2) is 54.9 Å². The molecule has 0 amide bonds. The smallest absolute Gasteiger partial charge is 0.137 e. The van der Waals surface area contributed by atoms with E-state index in [1.165, 1.54) is 11.1 Å². The third kappa shape index (κ3) is 1.90. The van der Waals surface area contributed by atoms with Gasteiger partial charge in [-0.2, -0.15) is 0 Å². The minimum Gasteiger partial charge on any atom is -0.306 e. The SMILES string of the molecule is CC(C)c1ccc(-c2cn3ccccc3n2)cc1. The average Bonchev–Trinajstić information content (AvgIpc) is 2.82. The van der Waals surface area contributed by atoms with Crippen LogP contribution in [-0.2, 0) is 0 Å². The number of aromatic nitrogens is 2. The Morgan fingerprint density at radius 2 is 1.78 bits per heavy atom. The minimum absolute atomic E-state index is 0.570. The van der Waals surface area contributed by atoms with Crippen molar-refractivity contribution in [3.05, 3.63) is 60.4 Å². The van der Waals surface area contributed by atoms with Gasteiger partial charge in [0.25, 0.3) is 0 Å². The molecule has 0 saturated carbocycles. The van der Waals surface area contributed by atoms with Crippen molar-refractivity contribution in [1.82, 2.24) is 9.38 Å². The second kappa shape index (κ2) is 4.30. The summed E-state index contributed by atoms with van der Waals surface area (Å²) in [6, 6.07) is 14.7. The molecule has 3 aromatic rings. The lowest BCUT2D eigenvalue weighted by molar-refractivity contribution is 0.867. The van der Waals surface area contributed by atoms with E-state index in [9.17, 15) is 0 Å². The lowest BCUT2D eigenvalue weighted by Crippen LogP contribution is -1.86. The van der Waals surface area contributed by atoms with Gasteiger partial charge in [-0.25, -0.2) is 4.98 Å². The molecule has 18 heavy (non-hydrogen) atoms. The zero-order valence-corrected chi connectivity index (χ0v) is 10.7. The van der Waals surface area contributed by atoms with Gasteiger partial charge in [0.1, 0.15) is 5.65 Å². The van der Waals surface area contributed by atoms with Gasteiger partial charge in [0, 0.05) is 18.0 Å². The highest BCUT2D eigenvalue weighted by Gasteiger charge is 2.04. The van der Waals surface area contributed by atoms with Crippen molar-refractivity contribution in [3.63, 3.8) is 0 Å². The van der Waals surface area contributed by atoms with E-state index in [2.05, 4.69) is 49.3 Å². The van der Waals surface area contributed by atoms with Gasteiger partial charge in [0.2, 0.25) is 0 Å². The lowest BCUT2D eigenvalue weighted by atomic mass is 10.0. The highest BCUT2D eigenvalue weighted by Crippen LogP contribution is 2.22. The van der Waals surface area contributed by atoms with Gasteiger partial charge < -0.3 is 4.40 Å². The number of hydrogen-bond acceptors (Lipinski definition) is 1. The van der Waals surface area contributed by atoms with Crippen LogP contribution in [0.1, 0.15) is 25.3 Å². The van der Waals surface area contributed by atoms with Crippen LogP contribution in [0.5, 0.6) is 0 Å². The first-order valence-electron chi connectivity index (χ1n) is 6.28. The molecule has 0 aliphatic rings. The number of rotatable bonds is 2. The Bertz CT molecular complexity index is 630. The van der Waals surface area contributed by atoms with Crippen LogP contribution >= 0.6 is 0 Å². The van der Waals surface area contributed by atoms with Gasteiger partial charge in [0.05, 0.1) is 5.69 Å². The summed E-state index contributed by atoms with van der Waals surface area (Å²) in [4.78, 5) is 4.62. The summed E-state index contributed by atoms with van der Waals surface area (Å²) in [6.45, 7) is 4.42. The quantitative estimate of drug-likeness (QED) is 0.654. The van der Waals surface area contributed by atoms with Gasteiger partial charge in [-0.3, -0.25) is 0 Å². The molecule has 2 heteroatoms. The summed E-state index contributed by atoms with van der Waals surface area (Å²) < 4.78 is 2.05. The molecule has 0 N–H and O–H groups in total. The number of hydrogen-bond donors (Lipinski definition) is 0. The summed E-state index contributed by atoms with van der Waals surface area (Å²) in [5, 5.41) is 0. The Morgan fingerprint density at radius 3 is 2.44 bits per heavy atom. The molecule has 0 aliphatic carbocycles. The van der Waals surface area contributed by atoms with Crippen LogP contribution in [-0.4, -0.2) is 9.38 Å². The molecule has 2 aromatic heterocycles. The first kappa shape index (κ1) is 11.0. The zero-order valence-electron chi connectivity index (χ0n) is 10.7. The van der Waals surface area contributed by atoms with E-state index in [1.807, 2.05) is 28.8 Å². The predicted octanol–water partition coefficient (Wildman–Crippen LogP) is 4.12. The van der Waals surface area contributed by atoms with Crippen molar-refractivity contribution in [2.24, 2.45) is 0 Å². The molecule has 90 valence electrons. The molecule has 0 radical (unpaired) electrons. The van der Waals surface area contributed by atoms with Crippen LogP contribution in [0.3, 0.4) is 0 Å². The molecule has 2 heterocycles. The normalized spacial score (nSPS) is 11.3. The monoisotopic (exact) mass is 236 g/mol. The number of imidazole rings is 1. The largest absolute Gasteiger partial charge is 0.306 e. The molecule has 0 fully saturated rings. The van der Waals surface area contributed by atoms with Crippen LogP contribution in [0.2, 0.25) is 0 Å². The topological polar surface area (TPSA) is 17.3 Å². The van der Waals surface area contributed by atoms with Crippen LogP contribution < -0.4 is 0 Å². The molecule has 0 unspecified atom stereocenters. The van der Waals surface area contributed by atoms with E-state index in [-0.39, 0.29) is 0 Å². The highest BCUT2D eigenvalue weighted by molar-refractivity contribution is 5.62. The second-order valence-electron chi connectivity index (χ2n) is 4.87. The molecular weight excluding hydrogens is 220 g/mol. The zero-order chi connectivity index (χ0) is 12.5. The van der Waals surface area contributed by atoms with Crippen LogP contribution in [0, 0.1) is 0 Å². The molecule has 1 aromatic carbocycles. The minimum atomic E-state index is 0.570. The summed E-state index contributed by atoms with van der Waals surface area (Å²) in [5.41, 5.74) is 4.54. The first-order valence-corrected chi connectivity index (χ1v) is 6.28. The first-order chi connectivity index (χ1) is 8.74. The Labute approximate surface area is 107 Å². The summed E-state index contributed by atoms with van der Waals surface area (Å²) >= 11 is 0. The Kier molecular flexibility index (Phi) is 2.63. The van der Waals surface area contributed by atoms with Gasteiger partial charge in [-0.1, -0.05) is 44.2 Å². The van der Waals surface area contributed by atoms with Crippen molar-refractivity contribution >= 4 is 5.65 Å². The maximum absolute atomic E-state index is 4.62. The third-order valence-electron chi connectivity index (χ3n) is 3.24. The fraction of sp³-hybridized carbons (Fsp3) is 0.188.